The lowest BCUT2D eigenvalue weighted by molar-refractivity contribution is -0.142. The molecule has 0 bridgehead atoms. The number of guanidine groups is 1. The highest BCUT2D eigenvalue weighted by molar-refractivity contribution is 14.0. The molecule has 1 amide bonds. The van der Waals surface area contributed by atoms with E-state index >= 15 is 0 Å². The third-order valence-electron chi connectivity index (χ3n) is 5.29. The van der Waals surface area contributed by atoms with E-state index in [-0.39, 0.29) is 42.1 Å². The number of nitrogens with zero attached hydrogens (tertiary/aromatic N) is 3. The minimum absolute atomic E-state index is 0. The molecule has 2 aliphatic heterocycles. The lowest BCUT2D eigenvalue weighted by atomic mass is 10.1. The van der Waals surface area contributed by atoms with E-state index in [0.717, 1.165) is 44.0 Å². The van der Waals surface area contributed by atoms with Gasteiger partial charge in [-0.3, -0.25) is 9.79 Å². The molecule has 2 fully saturated rings. The third kappa shape index (κ3) is 6.55. The topological polar surface area (TPSA) is 66.4 Å². The smallest absolute Gasteiger partial charge is 0.251 e. The van der Waals surface area contributed by atoms with Gasteiger partial charge in [0.25, 0.3) is 5.91 Å². The van der Waals surface area contributed by atoms with E-state index in [9.17, 15) is 4.79 Å². The predicted molar refractivity (Wildman–Crippen MR) is 125 cm³/mol. The second kappa shape index (κ2) is 12.3. The van der Waals surface area contributed by atoms with Crippen molar-refractivity contribution in [3.8, 4) is 0 Å². The molecule has 1 N–H and O–H groups in total. The molecular weight excluding hydrogens is 483 g/mol. The Kier molecular flexibility index (Phi) is 10.2. The zero-order valence-corrected chi connectivity index (χ0v) is 19.7. The van der Waals surface area contributed by atoms with Crippen molar-refractivity contribution in [2.45, 2.75) is 32.0 Å². The van der Waals surface area contributed by atoms with Crippen LogP contribution in [0, 0.1) is 0 Å². The van der Waals surface area contributed by atoms with Crippen LogP contribution in [0.5, 0.6) is 0 Å². The number of carbonyl (C=O) groups is 1. The fourth-order valence-corrected chi connectivity index (χ4v) is 3.69. The minimum atomic E-state index is -0.234. The molecule has 162 valence electrons. The van der Waals surface area contributed by atoms with Crippen LogP contribution in [0.2, 0.25) is 0 Å². The van der Waals surface area contributed by atoms with Gasteiger partial charge in [0.1, 0.15) is 12.2 Å². The van der Waals surface area contributed by atoms with Gasteiger partial charge in [0.2, 0.25) is 0 Å². The number of nitrogens with one attached hydrogen (secondary N) is 1. The predicted octanol–water partition coefficient (Wildman–Crippen LogP) is 2.28. The highest BCUT2D eigenvalue weighted by Crippen LogP contribution is 2.18. The van der Waals surface area contributed by atoms with Gasteiger partial charge >= 0.3 is 0 Å². The van der Waals surface area contributed by atoms with Gasteiger partial charge in [0, 0.05) is 46.4 Å². The number of benzene rings is 1. The van der Waals surface area contributed by atoms with E-state index in [1.165, 1.54) is 0 Å². The lowest BCUT2D eigenvalue weighted by Crippen LogP contribution is -2.55. The summed E-state index contributed by atoms with van der Waals surface area (Å²) in [7, 11) is 1.72. The number of hydrogen-bond donors (Lipinski definition) is 1. The van der Waals surface area contributed by atoms with Crippen LogP contribution in [0.3, 0.4) is 0 Å². The second-order valence-corrected chi connectivity index (χ2v) is 7.14. The van der Waals surface area contributed by atoms with Gasteiger partial charge in [0.05, 0.1) is 6.54 Å². The van der Waals surface area contributed by atoms with E-state index < -0.39 is 0 Å². The Hall–Kier alpha value is -1.39. The van der Waals surface area contributed by atoms with Crippen molar-refractivity contribution in [2.75, 3.05) is 53.0 Å². The maximum absolute atomic E-state index is 12.5. The Morgan fingerprint density at radius 2 is 1.93 bits per heavy atom. The summed E-state index contributed by atoms with van der Waals surface area (Å²) >= 11 is 0. The molecule has 2 heterocycles. The Labute approximate surface area is 190 Å². The first-order chi connectivity index (χ1) is 13.7. The molecule has 29 heavy (non-hydrogen) atoms. The van der Waals surface area contributed by atoms with Crippen LogP contribution in [0.1, 0.15) is 31.4 Å². The molecule has 2 atom stereocenters. The lowest BCUT2D eigenvalue weighted by Gasteiger charge is -2.37. The second-order valence-electron chi connectivity index (χ2n) is 7.14. The summed E-state index contributed by atoms with van der Waals surface area (Å²) in [6.07, 6.45) is 1.52. The molecular formula is C21H33IN4O3. The highest BCUT2D eigenvalue weighted by atomic mass is 127. The molecule has 2 unspecified atom stereocenters. The van der Waals surface area contributed by atoms with Gasteiger partial charge in [-0.05, 0) is 25.3 Å². The Morgan fingerprint density at radius 3 is 2.52 bits per heavy atom. The molecule has 0 spiro atoms. The number of methoxy groups -OCH3 is 1. The first-order valence-corrected chi connectivity index (χ1v) is 10.2. The van der Waals surface area contributed by atoms with E-state index in [2.05, 4.69) is 29.3 Å². The van der Waals surface area contributed by atoms with Crippen molar-refractivity contribution in [1.82, 2.24) is 15.1 Å². The van der Waals surface area contributed by atoms with E-state index in [0.29, 0.717) is 26.2 Å². The monoisotopic (exact) mass is 516 g/mol. The van der Waals surface area contributed by atoms with Crippen LogP contribution in [0.15, 0.2) is 35.3 Å². The number of piperazine rings is 1. The number of carbonyl (C=O) groups excluding carboxylic acids is 1. The van der Waals surface area contributed by atoms with Crippen LogP contribution in [0.25, 0.3) is 0 Å². The Bertz CT molecular complexity index is 645. The van der Waals surface area contributed by atoms with Crippen molar-refractivity contribution < 1.29 is 14.3 Å². The highest BCUT2D eigenvalue weighted by Gasteiger charge is 2.31. The number of ether oxygens (including phenoxy) is 2. The largest absolute Gasteiger partial charge is 0.375 e. The maximum Gasteiger partial charge on any atom is 0.251 e. The third-order valence-corrected chi connectivity index (χ3v) is 5.29. The molecule has 3 rings (SSSR count). The normalized spacial score (nSPS) is 20.9. The molecule has 0 aromatic heterocycles. The molecule has 2 saturated heterocycles. The summed E-state index contributed by atoms with van der Waals surface area (Å²) < 4.78 is 11.2. The average molecular weight is 516 g/mol. The van der Waals surface area contributed by atoms with Gasteiger partial charge in [-0.25, -0.2) is 0 Å². The van der Waals surface area contributed by atoms with Gasteiger partial charge in [0.15, 0.2) is 5.96 Å². The van der Waals surface area contributed by atoms with E-state index in [4.69, 9.17) is 14.5 Å². The standard InChI is InChI=1S/C21H32N4O3.HI/c1-3-22-21(23-16-19(27-2)17-8-5-4-6-9-17)25-13-11-24(12-14-25)20(26)18-10-7-15-28-18;/h4-6,8-9,18-19H,3,7,10-16H2,1-2H3,(H,22,23);1H. The molecule has 0 saturated carbocycles. The van der Waals surface area contributed by atoms with Gasteiger partial charge in [-0.2, -0.15) is 0 Å². The fraction of sp³-hybridized carbons (Fsp3) is 0.619. The van der Waals surface area contributed by atoms with Crippen LogP contribution < -0.4 is 5.32 Å². The first kappa shape index (κ1) is 23.9. The van der Waals surface area contributed by atoms with Crippen molar-refractivity contribution >= 4 is 35.8 Å². The van der Waals surface area contributed by atoms with Crippen molar-refractivity contribution in [2.24, 2.45) is 4.99 Å². The molecule has 0 radical (unpaired) electrons. The van der Waals surface area contributed by atoms with Crippen LogP contribution >= 0.6 is 24.0 Å². The SMILES string of the molecule is CCNC(=NCC(OC)c1ccccc1)N1CCN(C(=O)C2CCCO2)CC1.I. The summed E-state index contributed by atoms with van der Waals surface area (Å²) in [6.45, 7) is 7.08. The molecule has 1 aromatic carbocycles. The zero-order valence-electron chi connectivity index (χ0n) is 17.4. The van der Waals surface area contributed by atoms with Crippen molar-refractivity contribution in [3.63, 3.8) is 0 Å². The van der Waals surface area contributed by atoms with E-state index in [1.807, 2.05) is 23.1 Å². The number of rotatable bonds is 6. The number of hydrogen-bond acceptors (Lipinski definition) is 4. The quantitative estimate of drug-likeness (QED) is 0.357. The molecule has 0 aliphatic carbocycles. The average Bonchev–Trinajstić information content (AvgIpc) is 3.29. The summed E-state index contributed by atoms with van der Waals surface area (Å²) in [5, 5.41) is 3.37. The summed E-state index contributed by atoms with van der Waals surface area (Å²) in [5.74, 6) is 1.02. The van der Waals surface area contributed by atoms with E-state index in [1.54, 1.807) is 7.11 Å². The molecule has 2 aliphatic rings. The molecule has 7 nitrogen and oxygen atoms in total. The number of halogens is 1. The molecule has 1 aromatic rings. The summed E-state index contributed by atoms with van der Waals surface area (Å²) in [6, 6.07) is 10.2. The van der Waals surface area contributed by atoms with Crippen LogP contribution in [-0.2, 0) is 14.3 Å². The van der Waals surface area contributed by atoms with Gasteiger partial charge in [-0.1, -0.05) is 30.3 Å². The maximum atomic E-state index is 12.5. The van der Waals surface area contributed by atoms with Crippen molar-refractivity contribution in [3.05, 3.63) is 35.9 Å². The number of aliphatic imine (C=N–C) groups is 1. The zero-order chi connectivity index (χ0) is 19.8. The minimum Gasteiger partial charge on any atom is -0.375 e. The molecule has 8 heteroatoms. The van der Waals surface area contributed by atoms with Gasteiger partial charge < -0.3 is 24.6 Å². The van der Waals surface area contributed by atoms with Crippen LogP contribution in [-0.4, -0.2) is 80.8 Å². The fourth-order valence-electron chi connectivity index (χ4n) is 3.69. The Balaban J connectivity index is 0.00000300. The Morgan fingerprint density at radius 1 is 1.24 bits per heavy atom. The number of amides is 1. The van der Waals surface area contributed by atoms with Gasteiger partial charge in [-0.15, -0.1) is 24.0 Å². The summed E-state index contributed by atoms with van der Waals surface area (Å²) in [5.41, 5.74) is 1.12. The first-order valence-electron chi connectivity index (χ1n) is 10.2. The van der Waals surface area contributed by atoms with Crippen molar-refractivity contribution in [1.29, 1.82) is 0 Å². The summed E-state index contributed by atoms with van der Waals surface area (Å²) in [4.78, 5) is 21.5. The van der Waals surface area contributed by atoms with Crippen LogP contribution in [0.4, 0.5) is 0 Å².